The predicted octanol–water partition coefficient (Wildman–Crippen LogP) is 4.68. The van der Waals surface area contributed by atoms with Gasteiger partial charge in [0.1, 0.15) is 5.82 Å². The molecule has 2 rings (SSSR count). The highest BCUT2D eigenvalue weighted by atomic mass is 35.5. The third kappa shape index (κ3) is 3.69. The van der Waals surface area contributed by atoms with Crippen molar-refractivity contribution in [2.45, 2.75) is 19.4 Å². The number of aryl methyl sites for hydroxylation is 1. The minimum Gasteiger partial charge on any atom is -0.324 e. The zero-order valence-corrected chi connectivity index (χ0v) is 12.0. The van der Waals surface area contributed by atoms with Gasteiger partial charge in [-0.15, -0.1) is 0 Å². The van der Waals surface area contributed by atoms with Gasteiger partial charge in [-0.25, -0.2) is 4.39 Å². The molecular formula is C15H14Cl2FN. The summed E-state index contributed by atoms with van der Waals surface area (Å²) in [6, 6.07) is 9.97. The molecule has 0 aliphatic heterocycles. The molecule has 2 aromatic rings. The summed E-state index contributed by atoms with van der Waals surface area (Å²) in [6.07, 6.45) is 0.583. The normalized spacial score (nSPS) is 12.5. The summed E-state index contributed by atoms with van der Waals surface area (Å²) in [5, 5.41) is 1.02. The highest BCUT2D eigenvalue weighted by molar-refractivity contribution is 6.42. The van der Waals surface area contributed by atoms with Crippen LogP contribution in [0.5, 0.6) is 0 Å². The van der Waals surface area contributed by atoms with Crippen molar-refractivity contribution in [1.82, 2.24) is 0 Å². The molecule has 1 unspecified atom stereocenters. The van der Waals surface area contributed by atoms with Crippen LogP contribution >= 0.6 is 23.2 Å². The maximum atomic E-state index is 13.4. The second-order valence-electron chi connectivity index (χ2n) is 4.62. The average molecular weight is 298 g/mol. The zero-order valence-electron chi connectivity index (χ0n) is 10.5. The first-order valence-corrected chi connectivity index (χ1v) is 6.68. The molecule has 1 atom stereocenters. The molecular weight excluding hydrogens is 284 g/mol. The zero-order chi connectivity index (χ0) is 14.0. The lowest BCUT2D eigenvalue weighted by atomic mass is 9.98. The predicted molar refractivity (Wildman–Crippen MR) is 78.2 cm³/mol. The topological polar surface area (TPSA) is 26.0 Å². The Morgan fingerprint density at radius 3 is 2.47 bits per heavy atom. The number of rotatable bonds is 3. The molecule has 0 bridgehead atoms. The van der Waals surface area contributed by atoms with Crippen LogP contribution in [-0.4, -0.2) is 0 Å². The molecule has 1 nitrogen and oxygen atoms in total. The standard InChI is InChI=1S/C15H14Cl2FN/c1-9-4-11(8-12(18)5-9)15(19)7-10-2-3-13(16)14(17)6-10/h2-6,8,15H,7,19H2,1H3. The molecule has 0 heterocycles. The van der Waals surface area contributed by atoms with Crippen LogP contribution in [0.25, 0.3) is 0 Å². The van der Waals surface area contributed by atoms with E-state index in [0.717, 1.165) is 16.7 Å². The summed E-state index contributed by atoms with van der Waals surface area (Å²) in [4.78, 5) is 0. The van der Waals surface area contributed by atoms with Gasteiger partial charge in [0.25, 0.3) is 0 Å². The third-order valence-electron chi connectivity index (χ3n) is 2.93. The summed E-state index contributed by atoms with van der Waals surface area (Å²) >= 11 is 11.8. The van der Waals surface area contributed by atoms with Crippen molar-refractivity contribution in [2.24, 2.45) is 5.73 Å². The minimum atomic E-state index is -0.272. The van der Waals surface area contributed by atoms with Crippen LogP contribution < -0.4 is 5.73 Å². The molecule has 19 heavy (non-hydrogen) atoms. The number of benzene rings is 2. The molecule has 100 valence electrons. The van der Waals surface area contributed by atoms with E-state index in [0.29, 0.717) is 16.5 Å². The molecule has 4 heteroatoms. The number of halogens is 3. The van der Waals surface area contributed by atoms with Crippen LogP contribution in [0.3, 0.4) is 0 Å². The fourth-order valence-corrected chi connectivity index (χ4v) is 2.34. The van der Waals surface area contributed by atoms with Gasteiger partial charge in [-0.05, 0) is 54.3 Å². The summed E-state index contributed by atoms with van der Waals surface area (Å²) < 4.78 is 13.4. The average Bonchev–Trinajstić information content (AvgIpc) is 2.32. The smallest absolute Gasteiger partial charge is 0.123 e. The van der Waals surface area contributed by atoms with Crippen LogP contribution in [-0.2, 0) is 6.42 Å². The SMILES string of the molecule is Cc1cc(F)cc(C(N)Cc2ccc(Cl)c(Cl)c2)c1. The van der Waals surface area contributed by atoms with Gasteiger partial charge in [-0.2, -0.15) is 0 Å². The molecule has 0 aromatic heterocycles. The van der Waals surface area contributed by atoms with E-state index in [-0.39, 0.29) is 11.9 Å². The Bertz CT molecular complexity index is 578. The van der Waals surface area contributed by atoms with Gasteiger partial charge in [-0.3, -0.25) is 0 Å². The van der Waals surface area contributed by atoms with Crippen LogP contribution in [0, 0.1) is 12.7 Å². The maximum absolute atomic E-state index is 13.4. The van der Waals surface area contributed by atoms with Crippen molar-refractivity contribution in [2.75, 3.05) is 0 Å². The van der Waals surface area contributed by atoms with Gasteiger partial charge in [-0.1, -0.05) is 35.3 Å². The lowest BCUT2D eigenvalue weighted by Gasteiger charge is -2.13. The Labute approximate surface area is 122 Å². The molecule has 2 N–H and O–H groups in total. The summed E-state index contributed by atoms with van der Waals surface area (Å²) in [7, 11) is 0. The van der Waals surface area contributed by atoms with Crippen molar-refractivity contribution in [1.29, 1.82) is 0 Å². The Hall–Kier alpha value is -1.09. The number of hydrogen-bond acceptors (Lipinski definition) is 1. The molecule has 0 saturated heterocycles. The van der Waals surface area contributed by atoms with Crippen LogP contribution in [0.1, 0.15) is 22.7 Å². The first-order chi connectivity index (χ1) is 8.95. The quantitative estimate of drug-likeness (QED) is 0.874. The summed E-state index contributed by atoms with van der Waals surface area (Å²) in [6.45, 7) is 1.85. The van der Waals surface area contributed by atoms with E-state index in [1.54, 1.807) is 12.1 Å². The van der Waals surface area contributed by atoms with E-state index in [2.05, 4.69) is 0 Å². The van der Waals surface area contributed by atoms with Crippen LogP contribution in [0.15, 0.2) is 36.4 Å². The van der Waals surface area contributed by atoms with Gasteiger partial charge in [0.2, 0.25) is 0 Å². The van der Waals surface area contributed by atoms with Gasteiger partial charge in [0.05, 0.1) is 10.0 Å². The molecule has 0 fully saturated rings. The highest BCUT2D eigenvalue weighted by Crippen LogP contribution is 2.25. The van der Waals surface area contributed by atoms with E-state index >= 15 is 0 Å². The largest absolute Gasteiger partial charge is 0.324 e. The monoisotopic (exact) mass is 297 g/mol. The molecule has 0 spiro atoms. The van der Waals surface area contributed by atoms with Gasteiger partial charge in [0, 0.05) is 6.04 Å². The van der Waals surface area contributed by atoms with Crippen molar-refractivity contribution >= 4 is 23.2 Å². The molecule has 0 aliphatic rings. The van der Waals surface area contributed by atoms with E-state index in [1.165, 1.54) is 12.1 Å². The second kappa shape index (κ2) is 5.91. The van der Waals surface area contributed by atoms with Crippen molar-refractivity contribution in [3.63, 3.8) is 0 Å². The van der Waals surface area contributed by atoms with Gasteiger partial charge >= 0.3 is 0 Å². The first-order valence-electron chi connectivity index (χ1n) is 5.92. The van der Waals surface area contributed by atoms with Crippen LogP contribution in [0.4, 0.5) is 4.39 Å². The number of nitrogens with two attached hydrogens (primary N) is 1. The Kier molecular flexibility index (Phi) is 4.46. The fraction of sp³-hybridized carbons (Fsp3) is 0.200. The highest BCUT2D eigenvalue weighted by Gasteiger charge is 2.10. The number of hydrogen-bond donors (Lipinski definition) is 1. The van der Waals surface area contributed by atoms with Crippen LogP contribution in [0.2, 0.25) is 10.0 Å². The minimum absolute atomic E-state index is 0.264. The van der Waals surface area contributed by atoms with Crippen molar-refractivity contribution < 1.29 is 4.39 Å². The lowest BCUT2D eigenvalue weighted by Crippen LogP contribution is -2.13. The van der Waals surface area contributed by atoms with Crippen molar-refractivity contribution in [3.8, 4) is 0 Å². The fourth-order valence-electron chi connectivity index (χ4n) is 2.02. The van der Waals surface area contributed by atoms with E-state index in [1.807, 2.05) is 19.1 Å². The molecule has 0 radical (unpaired) electrons. The Morgan fingerprint density at radius 2 is 1.84 bits per heavy atom. The summed E-state index contributed by atoms with van der Waals surface area (Å²) in [5.74, 6) is -0.264. The molecule has 2 aromatic carbocycles. The maximum Gasteiger partial charge on any atom is 0.123 e. The first kappa shape index (κ1) is 14.3. The molecule has 0 amide bonds. The van der Waals surface area contributed by atoms with E-state index in [9.17, 15) is 4.39 Å². The third-order valence-corrected chi connectivity index (χ3v) is 3.67. The summed E-state index contributed by atoms with van der Waals surface area (Å²) in [5.41, 5.74) is 8.73. The van der Waals surface area contributed by atoms with Gasteiger partial charge in [0.15, 0.2) is 0 Å². The Morgan fingerprint density at radius 1 is 1.11 bits per heavy atom. The molecule has 0 aliphatic carbocycles. The Balaban J connectivity index is 2.20. The lowest BCUT2D eigenvalue weighted by molar-refractivity contribution is 0.617. The second-order valence-corrected chi connectivity index (χ2v) is 5.44. The van der Waals surface area contributed by atoms with E-state index in [4.69, 9.17) is 28.9 Å². The van der Waals surface area contributed by atoms with Crippen molar-refractivity contribution in [3.05, 3.63) is 69.0 Å². The van der Waals surface area contributed by atoms with E-state index < -0.39 is 0 Å². The van der Waals surface area contributed by atoms with Gasteiger partial charge < -0.3 is 5.73 Å². The molecule has 0 saturated carbocycles.